The van der Waals surface area contributed by atoms with Gasteiger partial charge in [0.2, 0.25) is 0 Å². The summed E-state index contributed by atoms with van der Waals surface area (Å²) in [6.07, 6.45) is 0.411. The number of nitrogens with zero attached hydrogens (tertiary/aromatic N) is 1. The Morgan fingerprint density at radius 3 is 2.71 bits per heavy atom. The van der Waals surface area contributed by atoms with Gasteiger partial charge in [0.25, 0.3) is 0 Å². The average molecular weight is 234 g/mol. The molecule has 0 bridgehead atoms. The van der Waals surface area contributed by atoms with Crippen LogP contribution in [0.25, 0.3) is 0 Å². The van der Waals surface area contributed by atoms with E-state index in [9.17, 15) is 9.59 Å². The second kappa shape index (κ2) is 4.39. The minimum atomic E-state index is -0.682. The van der Waals surface area contributed by atoms with Crippen LogP contribution in [-0.2, 0) is 4.74 Å². The molecular formula is C8H5Cl2NO3. The van der Waals surface area contributed by atoms with E-state index in [1.807, 2.05) is 0 Å². The highest BCUT2D eigenvalue weighted by molar-refractivity contribution is 6.41. The summed E-state index contributed by atoms with van der Waals surface area (Å²) in [5.74, 6) is -0.682. The first kappa shape index (κ1) is 10.9. The van der Waals surface area contributed by atoms with E-state index in [0.717, 1.165) is 0 Å². The number of pyridine rings is 1. The number of ether oxygens (including phenoxy) is 1. The molecule has 1 aromatic heterocycles. The topological polar surface area (TPSA) is 56.3 Å². The van der Waals surface area contributed by atoms with Crippen LogP contribution in [0.5, 0.6) is 0 Å². The number of hydrogen-bond donors (Lipinski definition) is 0. The van der Waals surface area contributed by atoms with Gasteiger partial charge in [-0.05, 0) is 6.07 Å². The van der Waals surface area contributed by atoms with Crippen molar-refractivity contribution in [1.82, 2.24) is 4.98 Å². The number of aldehydes is 1. The zero-order chi connectivity index (χ0) is 10.7. The number of carbonyl (C=O) groups is 2. The summed E-state index contributed by atoms with van der Waals surface area (Å²) in [5, 5.41) is 0.0686. The van der Waals surface area contributed by atoms with Crippen LogP contribution in [0.2, 0.25) is 10.2 Å². The number of methoxy groups -OCH3 is 1. The van der Waals surface area contributed by atoms with Crippen molar-refractivity contribution in [2.75, 3.05) is 7.11 Å². The smallest absolute Gasteiger partial charge is 0.340 e. The predicted octanol–water partition coefficient (Wildman–Crippen LogP) is 1.99. The Bertz CT molecular complexity index is 392. The molecule has 1 rings (SSSR count). The van der Waals surface area contributed by atoms with E-state index in [0.29, 0.717) is 6.29 Å². The molecule has 0 aromatic carbocycles. The molecule has 0 aliphatic carbocycles. The molecule has 74 valence electrons. The molecule has 0 saturated carbocycles. The van der Waals surface area contributed by atoms with Gasteiger partial charge in [-0.25, -0.2) is 9.78 Å². The number of aromatic nitrogens is 1. The van der Waals surface area contributed by atoms with E-state index in [4.69, 9.17) is 23.2 Å². The standard InChI is InChI=1S/C8H5Cl2NO3/c1-14-8(13)4-2-5(9)7(10)11-6(4)3-12/h2-3H,1H3. The van der Waals surface area contributed by atoms with Crippen LogP contribution in [0.3, 0.4) is 0 Å². The molecule has 0 fully saturated rings. The van der Waals surface area contributed by atoms with Crippen molar-refractivity contribution in [3.05, 3.63) is 27.5 Å². The number of hydrogen-bond acceptors (Lipinski definition) is 4. The molecule has 0 saturated heterocycles. The number of rotatable bonds is 2. The van der Waals surface area contributed by atoms with Gasteiger partial charge in [-0.1, -0.05) is 23.2 Å². The zero-order valence-corrected chi connectivity index (χ0v) is 8.59. The molecule has 6 heteroatoms. The molecule has 0 atom stereocenters. The molecule has 0 aliphatic rings. The van der Waals surface area contributed by atoms with Gasteiger partial charge in [0.15, 0.2) is 6.29 Å². The fraction of sp³-hybridized carbons (Fsp3) is 0.125. The molecule has 0 spiro atoms. The van der Waals surface area contributed by atoms with E-state index >= 15 is 0 Å². The van der Waals surface area contributed by atoms with Crippen LogP contribution in [0.15, 0.2) is 6.07 Å². The van der Waals surface area contributed by atoms with E-state index in [-0.39, 0.29) is 21.4 Å². The van der Waals surface area contributed by atoms with Gasteiger partial charge >= 0.3 is 5.97 Å². The monoisotopic (exact) mass is 233 g/mol. The third-order valence-corrected chi connectivity index (χ3v) is 2.15. The number of esters is 1. The van der Waals surface area contributed by atoms with Crippen molar-refractivity contribution in [2.45, 2.75) is 0 Å². The fourth-order valence-electron chi connectivity index (χ4n) is 0.843. The van der Waals surface area contributed by atoms with Gasteiger partial charge < -0.3 is 4.74 Å². The van der Waals surface area contributed by atoms with E-state index in [1.165, 1.54) is 13.2 Å². The SMILES string of the molecule is COC(=O)c1cc(Cl)c(Cl)nc1C=O. The summed E-state index contributed by atoms with van der Waals surface area (Å²) < 4.78 is 4.43. The van der Waals surface area contributed by atoms with Gasteiger partial charge in [0.05, 0.1) is 17.7 Å². The second-order valence-corrected chi connectivity index (χ2v) is 3.07. The van der Waals surface area contributed by atoms with Crippen LogP contribution in [0.4, 0.5) is 0 Å². The zero-order valence-electron chi connectivity index (χ0n) is 7.08. The third kappa shape index (κ3) is 2.02. The summed E-state index contributed by atoms with van der Waals surface area (Å²) in [5.41, 5.74) is -0.0943. The molecule has 0 aliphatic heterocycles. The summed E-state index contributed by atoms with van der Waals surface area (Å²) in [6, 6.07) is 1.24. The summed E-state index contributed by atoms with van der Waals surface area (Å²) in [6.45, 7) is 0. The Morgan fingerprint density at radius 2 is 2.21 bits per heavy atom. The van der Waals surface area contributed by atoms with Crippen molar-refractivity contribution < 1.29 is 14.3 Å². The van der Waals surface area contributed by atoms with Crippen molar-refractivity contribution >= 4 is 35.5 Å². The lowest BCUT2D eigenvalue weighted by atomic mass is 10.2. The first-order valence-electron chi connectivity index (χ1n) is 3.49. The minimum absolute atomic E-state index is 0.00287. The number of carbonyl (C=O) groups excluding carboxylic acids is 2. The van der Waals surface area contributed by atoms with E-state index in [1.54, 1.807) is 0 Å². The lowest BCUT2D eigenvalue weighted by Crippen LogP contribution is -2.07. The molecule has 0 unspecified atom stereocenters. The van der Waals surface area contributed by atoms with Crippen molar-refractivity contribution in [1.29, 1.82) is 0 Å². The fourth-order valence-corrected chi connectivity index (χ4v) is 1.14. The van der Waals surface area contributed by atoms with Gasteiger partial charge in [-0.3, -0.25) is 4.79 Å². The largest absolute Gasteiger partial charge is 0.465 e. The highest BCUT2D eigenvalue weighted by Gasteiger charge is 2.15. The molecule has 1 heterocycles. The van der Waals surface area contributed by atoms with Gasteiger partial charge in [-0.15, -0.1) is 0 Å². The first-order chi connectivity index (χ1) is 6.60. The van der Waals surface area contributed by atoms with Gasteiger partial charge in [0.1, 0.15) is 10.8 Å². The Morgan fingerprint density at radius 1 is 1.57 bits per heavy atom. The minimum Gasteiger partial charge on any atom is -0.465 e. The molecule has 4 nitrogen and oxygen atoms in total. The Kier molecular flexibility index (Phi) is 3.43. The molecule has 0 radical (unpaired) electrons. The maximum absolute atomic E-state index is 11.1. The summed E-state index contributed by atoms with van der Waals surface area (Å²) in [4.78, 5) is 25.3. The van der Waals surface area contributed by atoms with E-state index in [2.05, 4.69) is 9.72 Å². The first-order valence-corrected chi connectivity index (χ1v) is 4.25. The summed E-state index contributed by atoms with van der Waals surface area (Å²) >= 11 is 11.2. The lowest BCUT2D eigenvalue weighted by Gasteiger charge is -2.03. The molecule has 0 N–H and O–H groups in total. The van der Waals surface area contributed by atoms with Crippen LogP contribution in [-0.4, -0.2) is 24.3 Å². The third-order valence-electron chi connectivity index (χ3n) is 1.48. The molecule has 1 aromatic rings. The van der Waals surface area contributed by atoms with E-state index < -0.39 is 5.97 Å². The van der Waals surface area contributed by atoms with Crippen LogP contribution in [0, 0.1) is 0 Å². The predicted molar refractivity (Wildman–Crippen MR) is 51.0 cm³/mol. The lowest BCUT2D eigenvalue weighted by molar-refractivity contribution is 0.0597. The van der Waals surface area contributed by atoms with Crippen molar-refractivity contribution in [3.63, 3.8) is 0 Å². The quantitative estimate of drug-likeness (QED) is 0.446. The molecule has 14 heavy (non-hydrogen) atoms. The normalized spacial score (nSPS) is 9.64. The maximum atomic E-state index is 11.1. The highest BCUT2D eigenvalue weighted by Crippen LogP contribution is 2.22. The second-order valence-electron chi connectivity index (χ2n) is 2.30. The molecular weight excluding hydrogens is 229 g/mol. The highest BCUT2D eigenvalue weighted by atomic mass is 35.5. The van der Waals surface area contributed by atoms with Crippen LogP contribution in [0.1, 0.15) is 20.8 Å². The summed E-state index contributed by atoms with van der Waals surface area (Å²) in [7, 11) is 1.19. The Hall–Kier alpha value is -1.13. The van der Waals surface area contributed by atoms with Crippen LogP contribution < -0.4 is 0 Å². The van der Waals surface area contributed by atoms with Crippen molar-refractivity contribution in [3.8, 4) is 0 Å². The van der Waals surface area contributed by atoms with Crippen LogP contribution >= 0.6 is 23.2 Å². The molecule has 0 amide bonds. The van der Waals surface area contributed by atoms with Gasteiger partial charge in [0, 0.05) is 0 Å². The Labute approximate surface area is 89.8 Å². The maximum Gasteiger partial charge on any atom is 0.340 e. The average Bonchev–Trinajstić information content (AvgIpc) is 2.20. The van der Waals surface area contributed by atoms with Gasteiger partial charge in [-0.2, -0.15) is 0 Å². The van der Waals surface area contributed by atoms with Crippen molar-refractivity contribution in [2.24, 2.45) is 0 Å². The number of halogens is 2. The Balaban J connectivity index is 3.34.